The van der Waals surface area contributed by atoms with Gasteiger partial charge in [0.25, 0.3) is 5.91 Å². The Bertz CT molecular complexity index is 1360. The lowest BCUT2D eigenvalue weighted by molar-refractivity contribution is -0.143. The molecule has 8 nitrogen and oxygen atoms in total. The number of fused-ring (bicyclic) bond motifs is 1. The highest BCUT2D eigenvalue weighted by atomic mass is 19.4. The zero-order chi connectivity index (χ0) is 31.9. The quantitative estimate of drug-likeness (QED) is 0.244. The molecule has 0 spiro atoms. The molecule has 0 aromatic heterocycles. The first-order valence-electron chi connectivity index (χ1n) is 13.8. The number of alkyl halides is 3. The first kappa shape index (κ1) is 32.7. The lowest BCUT2D eigenvalue weighted by atomic mass is 9.74. The summed E-state index contributed by atoms with van der Waals surface area (Å²) in [6, 6.07) is 1.32. The Labute approximate surface area is 246 Å². The zero-order valence-corrected chi connectivity index (χ0v) is 24.7. The van der Waals surface area contributed by atoms with Crippen molar-refractivity contribution in [2.45, 2.75) is 90.1 Å². The number of methoxy groups -OCH3 is 1. The molecule has 2 aromatic carbocycles. The SMILES string of the molecule is CC[C@@H](Nc1cc(F)c(C(=O)N[C@@H](Cc2ccc(B3OC(C)(C)C(C)(C)O3)c3c2COC3)C(=O)OC)c(F)c1)C(F)(F)F. The molecule has 2 aromatic rings. The van der Waals surface area contributed by atoms with Crippen LogP contribution in [-0.2, 0) is 43.2 Å². The number of carbonyl (C=O) groups is 2. The molecule has 0 radical (unpaired) electrons. The minimum absolute atomic E-state index is 0.0968. The summed E-state index contributed by atoms with van der Waals surface area (Å²) in [6.45, 7) is 9.48. The van der Waals surface area contributed by atoms with Crippen molar-refractivity contribution >= 4 is 30.1 Å². The van der Waals surface area contributed by atoms with Gasteiger partial charge >= 0.3 is 19.3 Å². The number of amides is 1. The number of anilines is 1. The molecule has 234 valence electrons. The molecule has 0 saturated carbocycles. The summed E-state index contributed by atoms with van der Waals surface area (Å²) in [5.74, 6) is -4.95. The van der Waals surface area contributed by atoms with Crippen molar-refractivity contribution in [1.82, 2.24) is 5.32 Å². The van der Waals surface area contributed by atoms with Crippen LogP contribution >= 0.6 is 0 Å². The molecule has 2 N–H and O–H groups in total. The zero-order valence-electron chi connectivity index (χ0n) is 24.7. The fourth-order valence-electron chi connectivity index (χ4n) is 5.02. The predicted molar refractivity (Wildman–Crippen MR) is 148 cm³/mol. The second-order valence-electron chi connectivity index (χ2n) is 11.6. The molecule has 43 heavy (non-hydrogen) atoms. The molecule has 1 fully saturated rings. The van der Waals surface area contributed by atoms with Crippen LogP contribution in [-0.4, -0.2) is 55.6 Å². The lowest BCUT2D eigenvalue weighted by Gasteiger charge is -2.32. The first-order valence-corrected chi connectivity index (χ1v) is 13.8. The Morgan fingerprint density at radius 2 is 1.60 bits per heavy atom. The van der Waals surface area contributed by atoms with Crippen molar-refractivity contribution in [2.75, 3.05) is 12.4 Å². The predicted octanol–water partition coefficient (Wildman–Crippen LogP) is 4.56. The van der Waals surface area contributed by atoms with Crippen LogP contribution in [0.3, 0.4) is 0 Å². The highest BCUT2D eigenvalue weighted by Crippen LogP contribution is 2.37. The first-order chi connectivity index (χ1) is 20.0. The van der Waals surface area contributed by atoms with E-state index >= 15 is 0 Å². The monoisotopic (exact) mass is 612 g/mol. The maximum absolute atomic E-state index is 14.9. The van der Waals surface area contributed by atoms with E-state index in [1.54, 1.807) is 12.1 Å². The minimum atomic E-state index is -4.65. The minimum Gasteiger partial charge on any atom is -0.467 e. The molecule has 2 atom stereocenters. The van der Waals surface area contributed by atoms with Gasteiger partial charge in [-0.3, -0.25) is 4.79 Å². The number of halogens is 5. The van der Waals surface area contributed by atoms with Crippen molar-refractivity contribution in [3.63, 3.8) is 0 Å². The van der Waals surface area contributed by atoms with Gasteiger partial charge in [-0.15, -0.1) is 0 Å². The third-order valence-electron chi connectivity index (χ3n) is 8.19. The van der Waals surface area contributed by atoms with E-state index in [0.29, 0.717) is 17.7 Å². The van der Waals surface area contributed by atoms with Crippen molar-refractivity contribution < 1.29 is 50.3 Å². The molecule has 0 unspecified atom stereocenters. The normalized spacial score (nSPS) is 18.6. The number of carbonyl (C=O) groups excluding carboxylic acids is 2. The third-order valence-corrected chi connectivity index (χ3v) is 8.19. The van der Waals surface area contributed by atoms with Gasteiger partial charge in [-0.25, -0.2) is 13.6 Å². The average molecular weight is 612 g/mol. The Morgan fingerprint density at radius 3 is 2.14 bits per heavy atom. The number of ether oxygens (including phenoxy) is 2. The topological polar surface area (TPSA) is 95.1 Å². The van der Waals surface area contributed by atoms with Crippen molar-refractivity contribution in [3.05, 3.63) is 58.2 Å². The second kappa shape index (κ2) is 12.0. The highest BCUT2D eigenvalue weighted by Gasteiger charge is 2.52. The summed E-state index contributed by atoms with van der Waals surface area (Å²) in [5.41, 5.74) is 0.287. The molecule has 14 heteroatoms. The number of nitrogens with one attached hydrogen (secondary N) is 2. The number of rotatable bonds is 9. The maximum Gasteiger partial charge on any atom is 0.495 e. The molecule has 1 saturated heterocycles. The van der Waals surface area contributed by atoms with E-state index in [9.17, 15) is 31.5 Å². The van der Waals surface area contributed by atoms with E-state index in [4.69, 9.17) is 18.8 Å². The Balaban J connectivity index is 1.57. The van der Waals surface area contributed by atoms with Crippen LogP contribution in [0.1, 0.15) is 68.1 Å². The van der Waals surface area contributed by atoms with Gasteiger partial charge in [0.1, 0.15) is 29.3 Å². The Morgan fingerprint density at radius 1 is 1.02 bits per heavy atom. The van der Waals surface area contributed by atoms with Crippen LogP contribution in [0, 0.1) is 11.6 Å². The van der Waals surface area contributed by atoms with E-state index in [0.717, 1.165) is 23.7 Å². The van der Waals surface area contributed by atoms with E-state index < -0.39 is 71.3 Å². The summed E-state index contributed by atoms with van der Waals surface area (Å²) < 4.78 is 92.0. The highest BCUT2D eigenvalue weighted by molar-refractivity contribution is 6.62. The molecule has 2 heterocycles. The lowest BCUT2D eigenvalue weighted by Crippen LogP contribution is -2.44. The summed E-state index contributed by atoms with van der Waals surface area (Å²) >= 11 is 0. The van der Waals surface area contributed by atoms with Gasteiger partial charge in [-0.2, -0.15) is 13.2 Å². The van der Waals surface area contributed by atoms with Gasteiger partial charge < -0.3 is 29.4 Å². The summed E-state index contributed by atoms with van der Waals surface area (Å²) in [6.07, 6.45) is -5.14. The van der Waals surface area contributed by atoms with Crippen LogP contribution in [0.25, 0.3) is 0 Å². The van der Waals surface area contributed by atoms with E-state index in [1.165, 1.54) is 6.92 Å². The average Bonchev–Trinajstić information content (AvgIpc) is 3.47. The van der Waals surface area contributed by atoms with E-state index in [1.807, 2.05) is 33.0 Å². The molecule has 0 bridgehead atoms. The van der Waals surface area contributed by atoms with Gasteiger partial charge in [0.15, 0.2) is 0 Å². The molecular weight excluding hydrogens is 578 g/mol. The number of hydrogen-bond acceptors (Lipinski definition) is 7. The third kappa shape index (κ3) is 6.65. The fourth-order valence-corrected chi connectivity index (χ4v) is 5.02. The van der Waals surface area contributed by atoms with Gasteiger partial charge in [-0.1, -0.05) is 19.1 Å². The molecule has 2 aliphatic rings. The molecule has 4 rings (SSSR count). The van der Waals surface area contributed by atoms with Gasteiger partial charge in [-0.05, 0) is 68.4 Å². The van der Waals surface area contributed by atoms with Gasteiger partial charge in [0.05, 0.1) is 31.5 Å². The molecular formula is C29H34BF5N2O6. The number of esters is 1. The molecule has 1 amide bonds. The number of benzene rings is 2. The van der Waals surface area contributed by atoms with Crippen LogP contribution < -0.4 is 16.1 Å². The van der Waals surface area contributed by atoms with Crippen molar-refractivity contribution in [2.24, 2.45) is 0 Å². The largest absolute Gasteiger partial charge is 0.495 e. The summed E-state index contributed by atoms with van der Waals surface area (Å²) in [5, 5.41) is 4.34. The number of hydrogen-bond donors (Lipinski definition) is 2. The van der Waals surface area contributed by atoms with Crippen molar-refractivity contribution in [1.29, 1.82) is 0 Å². The standard InChI is InChI=1S/C29H34BF5N2O6/c1-7-23(29(33,34)35)36-16-11-20(31)24(21(32)12-16)25(38)37-22(26(39)40-6)10-15-8-9-19(18-14-41-13-17(15)18)30-42-27(2,3)28(4,5)43-30/h8-9,11-12,22-23,36H,7,10,13-14H2,1-6H3,(H,37,38)/t22-,23+/m0/s1. The Hall–Kier alpha value is -3.23. The van der Waals surface area contributed by atoms with E-state index in [2.05, 4.69) is 5.32 Å². The Kier molecular flexibility index (Phi) is 9.16. The van der Waals surface area contributed by atoms with Gasteiger partial charge in [0.2, 0.25) is 0 Å². The molecule has 2 aliphatic heterocycles. The van der Waals surface area contributed by atoms with Crippen LogP contribution in [0.5, 0.6) is 0 Å². The summed E-state index contributed by atoms with van der Waals surface area (Å²) in [4.78, 5) is 25.6. The second-order valence-corrected chi connectivity index (χ2v) is 11.6. The maximum atomic E-state index is 14.9. The van der Waals surface area contributed by atoms with E-state index in [-0.39, 0.29) is 26.1 Å². The smallest absolute Gasteiger partial charge is 0.467 e. The van der Waals surface area contributed by atoms with Crippen LogP contribution in [0.4, 0.5) is 27.6 Å². The van der Waals surface area contributed by atoms with Crippen LogP contribution in [0.2, 0.25) is 0 Å². The summed E-state index contributed by atoms with van der Waals surface area (Å²) in [7, 11) is 0.445. The van der Waals surface area contributed by atoms with Gasteiger partial charge in [0, 0.05) is 12.1 Å². The van der Waals surface area contributed by atoms with Crippen molar-refractivity contribution in [3.8, 4) is 0 Å². The molecule has 0 aliphatic carbocycles. The fraction of sp³-hybridized carbons (Fsp3) is 0.517. The van der Waals surface area contributed by atoms with Crippen LogP contribution in [0.15, 0.2) is 24.3 Å².